The first-order valence-corrected chi connectivity index (χ1v) is 4.78. The highest BCUT2D eigenvalue weighted by molar-refractivity contribution is 5.76. The van der Waals surface area contributed by atoms with Gasteiger partial charge in [0, 0.05) is 23.9 Å². The second-order valence-electron chi connectivity index (χ2n) is 3.12. The van der Waals surface area contributed by atoms with Gasteiger partial charge < -0.3 is 0 Å². The molecule has 78 valence electrons. The van der Waals surface area contributed by atoms with Gasteiger partial charge in [-0.15, -0.1) is 0 Å². The van der Waals surface area contributed by atoms with Crippen LogP contribution in [0, 0.1) is 0 Å². The molecule has 0 atom stereocenters. The molecule has 2 aromatic rings. The van der Waals surface area contributed by atoms with Crippen molar-refractivity contribution in [2.75, 3.05) is 6.54 Å². The number of aromatic nitrogens is 2. The second kappa shape index (κ2) is 4.91. The zero-order valence-electron chi connectivity index (χ0n) is 8.48. The molecule has 0 saturated heterocycles. The molecule has 0 bridgehead atoms. The molecule has 0 fully saturated rings. The van der Waals surface area contributed by atoms with E-state index in [9.17, 15) is 0 Å². The maximum Gasteiger partial charge on any atom is 0.0892 e. The van der Waals surface area contributed by atoms with Crippen LogP contribution in [-0.4, -0.2) is 16.5 Å². The minimum atomic E-state index is 0.356. The molecule has 2 rings (SSSR count). The third kappa shape index (κ3) is 2.34. The van der Waals surface area contributed by atoms with Crippen LogP contribution in [-0.2, 0) is 0 Å². The summed E-state index contributed by atoms with van der Waals surface area (Å²) in [5.41, 5.74) is 10.9. The van der Waals surface area contributed by atoms with Crippen LogP contribution in [0.5, 0.6) is 0 Å². The fourth-order valence-electron chi connectivity index (χ4n) is 1.36. The summed E-state index contributed by atoms with van der Waals surface area (Å²) < 4.78 is 0. The molecule has 0 unspecified atom stereocenters. The number of fused-ring (bicyclic) bond motifs is 1. The van der Waals surface area contributed by atoms with E-state index in [-0.39, 0.29) is 0 Å². The van der Waals surface area contributed by atoms with Gasteiger partial charge in [-0.05, 0) is 23.2 Å². The van der Waals surface area contributed by atoms with Crippen molar-refractivity contribution in [3.8, 4) is 0 Å². The maximum atomic E-state index is 8.11. The Morgan fingerprint density at radius 2 is 2.06 bits per heavy atom. The van der Waals surface area contributed by atoms with Gasteiger partial charge >= 0.3 is 0 Å². The summed E-state index contributed by atoms with van der Waals surface area (Å²) in [5.74, 6) is 0. The van der Waals surface area contributed by atoms with Crippen LogP contribution in [0.3, 0.4) is 0 Å². The highest BCUT2D eigenvalue weighted by Gasteiger charge is 1.94. The van der Waals surface area contributed by atoms with Gasteiger partial charge in [0.05, 0.1) is 11.0 Å². The normalized spacial score (nSPS) is 10.5. The number of benzene rings is 1. The Bertz CT molecular complexity index is 569. The first-order valence-electron chi connectivity index (χ1n) is 4.78. The molecule has 0 aliphatic heterocycles. The van der Waals surface area contributed by atoms with Crippen molar-refractivity contribution in [1.29, 1.82) is 0 Å². The highest BCUT2D eigenvalue weighted by atomic mass is 15.1. The molecule has 0 saturated carbocycles. The predicted molar refractivity (Wildman–Crippen MR) is 62.6 cm³/mol. The van der Waals surface area contributed by atoms with Crippen molar-refractivity contribution in [2.24, 2.45) is 5.11 Å². The lowest BCUT2D eigenvalue weighted by molar-refractivity contribution is 1.22. The molecule has 1 aromatic heterocycles. The van der Waals surface area contributed by atoms with E-state index in [0.29, 0.717) is 6.54 Å². The molecule has 16 heavy (non-hydrogen) atoms. The van der Waals surface area contributed by atoms with Gasteiger partial charge in [-0.1, -0.05) is 23.3 Å². The first kappa shape index (κ1) is 10.1. The summed E-state index contributed by atoms with van der Waals surface area (Å²) in [4.78, 5) is 11.1. The van der Waals surface area contributed by atoms with E-state index in [1.165, 1.54) is 0 Å². The Hall–Kier alpha value is -2.39. The minimum Gasteiger partial charge on any atom is -0.253 e. The van der Waals surface area contributed by atoms with Crippen molar-refractivity contribution in [3.63, 3.8) is 0 Å². The number of hydrogen-bond acceptors (Lipinski definition) is 3. The Morgan fingerprint density at radius 1 is 1.25 bits per heavy atom. The number of nitrogens with zero attached hydrogens (tertiary/aromatic N) is 5. The van der Waals surface area contributed by atoms with E-state index in [0.717, 1.165) is 16.6 Å². The maximum absolute atomic E-state index is 8.11. The SMILES string of the molecule is [N-]=[N+]=NCC=Cc1ccc2nccnc2c1. The van der Waals surface area contributed by atoms with Gasteiger partial charge in [-0.2, -0.15) is 0 Å². The molecule has 0 aliphatic carbocycles. The molecular weight excluding hydrogens is 202 g/mol. The summed E-state index contributed by atoms with van der Waals surface area (Å²) in [5, 5.41) is 3.41. The topological polar surface area (TPSA) is 74.5 Å². The van der Waals surface area contributed by atoms with Crippen LogP contribution in [0.25, 0.3) is 27.6 Å². The highest BCUT2D eigenvalue weighted by Crippen LogP contribution is 2.11. The Kier molecular flexibility index (Phi) is 3.11. The van der Waals surface area contributed by atoms with Gasteiger partial charge in [-0.3, -0.25) is 9.97 Å². The molecule has 0 amide bonds. The summed E-state index contributed by atoms with van der Waals surface area (Å²) in [6, 6.07) is 5.80. The third-order valence-electron chi connectivity index (χ3n) is 2.05. The average Bonchev–Trinajstić information content (AvgIpc) is 2.34. The lowest BCUT2D eigenvalue weighted by Crippen LogP contribution is -1.82. The van der Waals surface area contributed by atoms with Crippen LogP contribution in [0.1, 0.15) is 5.56 Å². The van der Waals surface area contributed by atoms with Crippen molar-refractivity contribution in [1.82, 2.24) is 9.97 Å². The van der Waals surface area contributed by atoms with Crippen molar-refractivity contribution >= 4 is 17.1 Å². The van der Waals surface area contributed by atoms with Crippen molar-refractivity contribution in [3.05, 3.63) is 52.7 Å². The van der Waals surface area contributed by atoms with Gasteiger partial charge in [-0.25, -0.2) is 0 Å². The van der Waals surface area contributed by atoms with Crippen LogP contribution in [0.4, 0.5) is 0 Å². The lowest BCUT2D eigenvalue weighted by Gasteiger charge is -1.96. The largest absolute Gasteiger partial charge is 0.253 e. The van der Waals surface area contributed by atoms with E-state index in [1.807, 2.05) is 24.3 Å². The van der Waals surface area contributed by atoms with Crippen LogP contribution in [0.2, 0.25) is 0 Å². The zero-order chi connectivity index (χ0) is 11.2. The molecule has 0 spiro atoms. The van der Waals surface area contributed by atoms with Gasteiger partial charge in [0.25, 0.3) is 0 Å². The molecule has 5 nitrogen and oxygen atoms in total. The summed E-state index contributed by atoms with van der Waals surface area (Å²) >= 11 is 0. The molecule has 5 heteroatoms. The van der Waals surface area contributed by atoms with Crippen molar-refractivity contribution in [2.45, 2.75) is 0 Å². The molecular formula is C11H9N5. The van der Waals surface area contributed by atoms with Gasteiger partial charge in [0.1, 0.15) is 0 Å². The van der Waals surface area contributed by atoms with E-state index in [1.54, 1.807) is 18.5 Å². The van der Waals surface area contributed by atoms with Crippen LogP contribution < -0.4 is 0 Å². The fraction of sp³-hybridized carbons (Fsp3) is 0.0909. The lowest BCUT2D eigenvalue weighted by atomic mass is 10.2. The Morgan fingerprint density at radius 3 is 2.88 bits per heavy atom. The molecule has 0 N–H and O–H groups in total. The first-order chi connectivity index (χ1) is 7.90. The van der Waals surface area contributed by atoms with Crippen LogP contribution in [0.15, 0.2) is 41.8 Å². The van der Waals surface area contributed by atoms with E-state index >= 15 is 0 Å². The second-order valence-corrected chi connectivity index (χ2v) is 3.12. The number of rotatable bonds is 3. The predicted octanol–water partition coefficient (Wildman–Crippen LogP) is 2.95. The van der Waals surface area contributed by atoms with Crippen LogP contribution >= 0.6 is 0 Å². The fourth-order valence-corrected chi connectivity index (χ4v) is 1.36. The molecule has 0 aliphatic rings. The summed E-state index contributed by atoms with van der Waals surface area (Å²) in [7, 11) is 0. The van der Waals surface area contributed by atoms with Crippen molar-refractivity contribution < 1.29 is 0 Å². The number of hydrogen-bond donors (Lipinski definition) is 0. The summed E-state index contributed by atoms with van der Waals surface area (Å²) in [6.07, 6.45) is 7.02. The molecule has 0 radical (unpaired) electrons. The quantitative estimate of drug-likeness (QED) is 0.444. The van der Waals surface area contributed by atoms with E-state index in [2.05, 4.69) is 20.0 Å². The Balaban J connectivity index is 2.25. The zero-order valence-corrected chi connectivity index (χ0v) is 8.48. The average molecular weight is 211 g/mol. The van der Waals surface area contributed by atoms with Gasteiger partial charge in [0.2, 0.25) is 0 Å². The van der Waals surface area contributed by atoms with E-state index < -0.39 is 0 Å². The Labute approximate surface area is 92.1 Å². The minimum absolute atomic E-state index is 0.356. The summed E-state index contributed by atoms with van der Waals surface area (Å²) in [6.45, 7) is 0.356. The third-order valence-corrected chi connectivity index (χ3v) is 2.05. The molecule has 1 aromatic carbocycles. The van der Waals surface area contributed by atoms with E-state index in [4.69, 9.17) is 5.53 Å². The molecule has 1 heterocycles. The van der Waals surface area contributed by atoms with Gasteiger partial charge in [0.15, 0.2) is 0 Å². The smallest absolute Gasteiger partial charge is 0.0892 e. The monoisotopic (exact) mass is 211 g/mol. The number of azide groups is 1. The standard InChI is InChI=1S/C11H9N5/c12-16-15-5-1-2-9-3-4-10-11(8-9)14-7-6-13-10/h1-4,6-8H,5H2.